The smallest absolute Gasteiger partial charge is 0.0349 e. The Morgan fingerprint density at radius 1 is 0.722 bits per heavy atom. The Morgan fingerprint density at radius 3 is 2.06 bits per heavy atom. The van der Waals surface area contributed by atoms with Crippen molar-refractivity contribution in [2.45, 2.75) is 66.2 Å². The fourth-order valence-electron chi connectivity index (χ4n) is 6.06. The number of fused-ring (bicyclic) bond motifs is 5. The number of rotatable bonds is 4. The minimum absolute atomic E-state index is 0.915. The van der Waals surface area contributed by atoms with Crippen molar-refractivity contribution in [3.05, 3.63) is 0 Å². The van der Waals surface area contributed by atoms with Gasteiger partial charge in [-0.1, -0.05) is 27.7 Å². The average molecular weight is 248 g/mol. The van der Waals surface area contributed by atoms with Crippen LogP contribution in [0.5, 0.6) is 0 Å². The summed E-state index contributed by atoms with van der Waals surface area (Å²) in [5.74, 6) is 8.61. The van der Waals surface area contributed by atoms with E-state index in [4.69, 9.17) is 0 Å². The molecule has 0 heterocycles. The lowest BCUT2D eigenvalue weighted by Gasteiger charge is -2.32. The van der Waals surface area contributed by atoms with Crippen molar-refractivity contribution in [1.82, 2.24) is 0 Å². The van der Waals surface area contributed by atoms with Gasteiger partial charge in [-0.15, -0.1) is 0 Å². The molecule has 2 bridgehead atoms. The van der Waals surface area contributed by atoms with E-state index in [0.717, 1.165) is 47.3 Å². The van der Waals surface area contributed by atoms with Crippen LogP contribution in [-0.4, -0.2) is 0 Å². The second-order valence-corrected chi connectivity index (χ2v) is 8.58. The van der Waals surface area contributed by atoms with E-state index in [1.54, 1.807) is 25.7 Å². The Bertz CT molecular complexity index is 290. The molecule has 0 spiro atoms. The van der Waals surface area contributed by atoms with E-state index in [1.807, 2.05) is 0 Å². The SMILES string of the molecule is CC(C)CC1CC2C3CC(CC(C)C)C(C3)C2C1. The van der Waals surface area contributed by atoms with Gasteiger partial charge in [0.05, 0.1) is 0 Å². The molecular formula is C18H32. The molecule has 104 valence electrons. The third-order valence-corrected chi connectivity index (χ3v) is 6.28. The first-order valence-electron chi connectivity index (χ1n) is 8.54. The minimum Gasteiger partial charge on any atom is -0.0628 e. The van der Waals surface area contributed by atoms with Crippen molar-refractivity contribution < 1.29 is 0 Å². The molecule has 3 saturated carbocycles. The molecule has 3 fully saturated rings. The van der Waals surface area contributed by atoms with E-state index in [-0.39, 0.29) is 0 Å². The van der Waals surface area contributed by atoms with Crippen molar-refractivity contribution >= 4 is 0 Å². The van der Waals surface area contributed by atoms with Gasteiger partial charge in [-0.2, -0.15) is 0 Å². The van der Waals surface area contributed by atoms with E-state index >= 15 is 0 Å². The highest BCUT2D eigenvalue weighted by Crippen LogP contribution is 2.63. The maximum absolute atomic E-state index is 2.42. The molecule has 3 aliphatic rings. The van der Waals surface area contributed by atoms with Crippen molar-refractivity contribution in [1.29, 1.82) is 0 Å². The van der Waals surface area contributed by atoms with Gasteiger partial charge in [-0.3, -0.25) is 0 Å². The summed E-state index contributed by atoms with van der Waals surface area (Å²) >= 11 is 0. The van der Waals surface area contributed by atoms with Crippen molar-refractivity contribution in [3.8, 4) is 0 Å². The van der Waals surface area contributed by atoms with Crippen LogP contribution in [0.25, 0.3) is 0 Å². The maximum atomic E-state index is 2.42. The first-order chi connectivity index (χ1) is 8.54. The highest BCUT2D eigenvalue weighted by molar-refractivity contribution is 5.04. The molecule has 6 atom stereocenters. The second-order valence-electron chi connectivity index (χ2n) is 8.58. The van der Waals surface area contributed by atoms with Gasteiger partial charge < -0.3 is 0 Å². The monoisotopic (exact) mass is 248 g/mol. The molecule has 0 aromatic heterocycles. The third-order valence-electron chi connectivity index (χ3n) is 6.28. The summed E-state index contributed by atoms with van der Waals surface area (Å²) in [6.45, 7) is 9.65. The number of hydrogen-bond acceptors (Lipinski definition) is 0. The first kappa shape index (κ1) is 13.0. The van der Waals surface area contributed by atoms with E-state index in [2.05, 4.69) is 27.7 Å². The second kappa shape index (κ2) is 4.84. The molecule has 3 rings (SSSR count). The third kappa shape index (κ3) is 2.25. The molecule has 0 aromatic rings. The molecule has 0 heteroatoms. The van der Waals surface area contributed by atoms with Crippen LogP contribution in [0.3, 0.4) is 0 Å². The maximum Gasteiger partial charge on any atom is -0.0349 e. The predicted octanol–water partition coefficient (Wildman–Crippen LogP) is 5.38. The number of hydrogen-bond donors (Lipinski definition) is 0. The molecule has 3 aliphatic carbocycles. The largest absolute Gasteiger partial charge is 0.0628 e. The molecule has 18 heavy (non-hydrogen) atoms. The zero-order valence-corrected chi connectivity index (χ0v) is 12.9. The molecule has 6 unspecified atom stereocenters. The van der Waals surface area contributed by atoms with Crippen molar-refractivity contribution in [2.24, 2.45) is 47.3 Å². The van der Waals surface area contributed by atoms with Gasteiger partial charge in [0, 0.05) is 0 Å². The van der Waals surface area contributed by atoms with Crippen LogP contribution in [-0.2, 0) is 0 Å². The summed E-state index contributed by atoms with van der Waals surface area (Å²) in [6.07, 6.45) is 9.41. The molecular weight excluding hydrogens is 216 g/mol. The zero-order chi connectivity index (χ0) is 12.9. The summed E-state index contributed by atoms with van der Waals surface area (Å²) in [5, 5.41) is 0. The molecule has 0 aliphatic heterocycles. The Labute approximate surface area is 114 Å². The molecule has 0 radical (unpaired) electrons. The molecule has 0 saturated heterocycles. The lowest BCUT2D eigenvalue weighted by molar-refractivity contribution is 0.169. The van der Waals surface area contributed by atoms with Crippen LogP contribution in [0.1, 0.15) is 66.2 Å². The fraction of sp³-hybridized carbons (Fsp3) is 1.00. The topological polar surface area (TPSA) is 0 Å². The van der Waals surface area contributed by atoms with E-state index < -0.39 is 0 Å². The molecule has 0 aromatic carbocycles. The average Bonchev–Trinajstić information content (AvgIpc) is 2.85. The van der Waals surface area contributed by atoms with Crippen molar-refractivity contribution in [2.75, 3.05) is 0 Å². The van der Waals surface area contributed by atoms with E-state index in [1.165, 1.54) is 12.8 Å². The standard InChI is InChI=1S/C18H32/c1-11(2)5-13-7-16-15-9-14(6-12(3)4)17(10-15)18(16)8-13/h11-18H,5-10H2,1-4H3. The fourth-order valence-corrected chi connectivity index (χ4v) is 6.06. The van der Waals surface area contributed by atoms with Gasteiger partial charge >= 0.3 is 0 Å². The van der Waals surface area contributed by atoms with Crippen LogP contribution >= 0.6 is 0 Å². The van der Waals surface area contributed by atoms with E-state index in [9.17, 15) is 0 Å². The zero-order valence-electron chi connectivity index (χ0n) is 12.9. The highest BCUT2D eigenvalue weighted by atomic mass is 14.6. The Kier molecular flexibility index (Phi) is 3.49. The molecule has 0 N–H and O–H groups in total. The van der Waals surface area contributed by atoms with Crippen LogP contribution in [0, 0.1) is 47.3 Å². The Morgan fingerprint density at radius 2 is 1.39 bits per heavy atom. The summed E-state index contributed by atoms with van der Waals surface area (Å²) in [6, 6.07) is 0. The van der Waals surface area contributed by atoms with Gasteiger partial charge in [0.2, 0.25) is 0 Å². The lowest BCUT2D eigenvalue weighted by Crippen LogP contribution is -2.25. The lowest BCUT2D eigenvalue weighted by atomic mass is 9.73. The summed E-state index contributed by atoms with van der Waals surface area (Å²) < 4.78 is 0. The van der Waals surface area contributed by atoms with Crippen LogP contribution in [0.15, 0.2) is 0 Å². The van der Waals surface area contributed by atoms with Crippen LogP contribution < -0.4 is 0 Å². The van der Waals surface area contributed by atoms with Crippen molar-refractivity contribution in [3.63, 3.8) is 0 Å². The van der Waals surface area contributed by atoms with Gasteiger partial charge in [0.15, 0.2) is 0 Å². The van der Waals surface area contributed by atoms with E-state index in [0.29, 0.717) is 0 Å². The predicted molar refractivity (Wildman–Crippen MR) is 78.3 cm³/mol. The summed E-state index contributed by atoms with van der Waals surface area (Å²) in [7, 11) is 0. The summed E-state index contributed by atoms with van der Waals surface area (Å²) in [4.78, 5) is 0. The first-order valence-corrected chi connectivity index (χ1v) is 8.54. The minimum atomic E-state index is 0.915. The van der Waals surface area contributed by atoms with Gasteiger partial charge in [-0.05, 0) is 85.9 Å². The van der Waals surface area contributed by atoms with Gasteiger partial charge in [-0.25, -0.2) is 0 Å². The Hall–Kier alpha value is 0. The Balaban J connectivity index is 1.62. The molecule has 0 amide bonds. The van der Waals surface area contributed by atoms with Crippen LogP contribution in [0.4, 0.5) is 0 Å². The quantitative estimate of drug-likeness (QED) is 0.627. The van der Waals surface area contributed by atoms with Gasteiger partial charge in [0.25, 0.3) is 0 Å². The molecule has 0 nitrogen and oxygen atoms in total. The highest BCUT2D eigenvalue weighted by Gasteiger charge is 2.55. The van der Waals surface area contributed by atoms with Gasteiger partial charge in [0.1, 0.15) is 0 Å². The summed E-state index contributed by atoms with van der Waals surface area (Å²) in [5.41, 5.74) is 0. The van der Waals surface area contributed by atoms with Crippen LogP contribution in [0.2, 0.25) is 0 Å². The normalized spacial score (nSPS) is 46.3.